The molecule has 0 N–H and O–H groups in total. The summed E-state index contributed by atoms with van der Waals surface area (Å²) in [4.78, 5) is 0. The van der Waals surface area contributed by atoms with Crippen LogP contribution in [0.2, 0.25) is 0 Å². The molecule has 0 bridgehead atoms. The van der Waals surface area contributed by atoms with Crippen molar-refractivity contribution in [1.29, 1.82) is 0 Å². The summed E-state index contributed by atoms with van der Waals surface area (Å²) in [5, 5.41) is 0. The molecule has 88 valence electrons. The first-order chi connectivity index (χ1) is 8.40. The molecule has 0 atom stereocenters. The zero-order valence-corrected chi connectivity index (χ0v) is 13.3. The van der Waals surface area contributed by atoms with Crippen molar-refractivity contribution in [2.45, 2.75) is 31.1 Å². The molecular formula is C17H16Sn. The van der Waals surface area contributed by atoms with Gasteiger partial charge in [-0.05, 0) is 47.9 Å². The Bertz CT molecular complexity index is 532. The molecule has 4 radical (unpaired) electrons. The van der Waals surface area contributed by atoms with Crippen molar-refractivity contribution in [3.63, 3.8) is 0 Å². The Hall–Kier alpha value is -0.761. The summed E-state index contributed by atoms with van der Waals surface area (Å²) >= 11 is 0. The van der Waals surface area contributed by atoms with Crippen molar-refractivity contribution in [2.24, 2.45) is 0 Å². The van der Waals surface area contributed by atoms with Crippen LogP contribution in [0.1, 0.15) is 35.1 Å². The van der Waals surface area contributed by atoms with Crippen molar-refractivity contribution in [3.8, 4) is 0 Å². The van der Waals surface area contributed by atoms with Gasteiger partial charge in [-0.3, -0.25) is 0 Å². The minimum absolute atomic E-state index is 0. The maximum atomic E-state index is 2.35. The van der Waals surface area contributed by atoms with E-state index in [0.29, 0.717) is 5.41 Å². The van der Waals surface area contributed by atoms with E-state index in [4.69, 9.17) is 0 Å². The number of aryl methyl sites for hydroxylation is 2. The van der Waals surface area contributed by atoms with Gasteiger partial charge in [-0.2, -0.15) is 0 Å². The fourth-order valence-electron chi connectivity index (χ4n) is 3.92. The van der Waals surface area contributed by atoms with Gasteiger partial charge >= 0.3 is 0 Å². The SMILES string of the molecule is [Sn].c1ccc2c(c1)CCC21CCc2ccccc21. The van der Waals surface area contributed by atoms with Gasteiger partial charge in [0.1, 0.15) is 0 Å². The van der Waals surface area contributed by atoms with Gasteiger partial charge in [-0.1, -0.05) is 48.5 Å². The standard InChI is InChI=1S/C17H16.Sn/c1-3-7-15-13(5-1)9-11-17(15)12-10-14-6-2-4-8-16(14)17;/h1-8H,9-12H2;. The second kappa shape index (κ2) is 4.41. The zero-order valence-electron chi connectivity index (χ0n) is 10.4. The molecule has 0 aromatic heterocycles. The average molecular weight is 339 g/mol. The predicted molar refractivity (Wildman–Crippen MR) is 76.1 cm³/mol. The van der Waals surface area contributed by atoms with Crippen LogP contribution in [0.25, 0.3) is 0 Å². The topological polar surface area (TPSA) is 0 Å². The molecule has 0 aliphatic heterocycles. The quantitative estimate of drug-likeness (QED) is 0.645. The maximum absolute atomic E-state index is 2.35. The molecule has 0 heterocycles. The first-order valence-electron chi connectivity index (χ1n) is 6.57. The van der Waals surface area contributed by atoms with E-state index < -0.39 is 0 Å². The van der Waals surface area contributed by atoms with Crippen molar-refractivity contribution < 1.29 is 0 Å². The monoisotopic (exact) mass is 340 g/mol. The Balaban J connectivity index is 0.000001000. The minimum Gasteiger partial charge on any atom is -0.0620 e. The van der Waals surface area contributed by atoms with E-state index >= 15 is 0 Å². The van der Waals surface area contributed by atoms with Gasteiger partial charge in [0.2, 0.25) is 0 Å². The summed E-state index contributed by atoms with van der Waals surface area (Å²) in [6.07, 6.45) is 5.13. The normalized spacial score (nSPS) is 18.2. The largest absolute Gasteiger partial charge is 0.0620 e. The van der Waals surface area contributed by atoms with E-state index in [9.17, 15) is 0 Å². The summed E-state index contributed by atoms with van der Waals surface area (Å²) < 4.78 is 0. The molecule has 2 aliphatic rings. The van der Waals surface area contributed by atoms with E-state index in [1.165, 1.54) is 25.7 Å². The molecule has 0 unspecified atom stereocenters. The van der Waals surface area contributed by atoms with E-state index in [-0.39, 0.29) is 23.9 Å². The van der Waals surface area contributed by atoms with E-state index in [0.717, 1.165) is 0 Å². The van der Waals surface area contributed by atoms with Gasteiger partial charge < -0.3 is 0 Å². The zero-order chi connectivity index (χ0) is 11.3. The fraction of sp³-hybridized carbons (Fsp3) is 0.294. The van der Waals surface area contributed by atoms with E-state index in [1.54, 1.807) is 22.3 Å². The van der Waals surface area contributed by atoms with E-state index in [1.807, 2.05) is 0 Å². The average Bonchev–Trinajstić information content (AvgIpc) is 2.95. The molecule has 1 heteroatoms. The van der Waals surface area contributed by atoms with Gasteiger partial charge in [0.25, 0.3) is 0 Å². The predicted octanol–water partition coefficient (Wildman–Crippen LogP) is 3.48. The number of rotatable bonds is 0. The Labute approximate surface area is 125 Å². The molecular weight excluding hydrogens is 323 g/mol. The third-order valence-corrected chi connectivity index (χ3v) is 4.71. The molecule has 2 aromatic carbocycles. The van der Waals surface area contributed by atoms with Crippen LogP contribution in [0.5, 0.6) is 0 Å². The number of fused-ring (bicyclic) bond motifs is 4. The smallest absolute Gasteiger partial charge is 0.0214 e. The maximum Gasteiger partial charge on any atom is 0.0214 e. The molecule has 2 aromatic rings. The molecule has 0 nitrogen and oxygen atoms in total. The van der Waals surface area contributed by atoms with Crippen LogP contribution < -0.4 is 0 Å². The third kappa shape index (κ3) is 1.51. The van der Waals surface area contributed by atoms with Crippen LogP contribution >= 0.6 is 0 Å². The molecule has 0 amide bonds. The third-order valence-electron chi connectivity index (χ3n) is 4.71. The minimum atomic E-state index is 0. The van der Waals surface area contributed by atoms with Gasteiger partial charge in [0.05, 0.1) is 0 Å². The van der Waals surface area contributed by atoms with Crippen LogP contribution in [0.3, 0.4) is 0 Å². The van der Waals surface area contributed by atoms with Crippen LogP contribution in [-0.4, -0.2) is 23.9 Å². The Morgan fingerprint density at radius 1 is 0.667 bits per heavy atom. The van der Waals surface area contributed by atoms with Gasteiger partial charge in [-0.25, -0.2) is 0 Å². The molecule has 2 aliphatic carbocycles. The van der Waals surface area contributed by atoms with E-state index in [2.05, 4.69) is 48.5 Å². The fourth-order valence-corrected chi connectivity index (χ4v) is 3.92. The van der Waals surface area contributed by atoms with Crippen molar-refractivity contribution in [1.82, 2.24) is 0 Å². The number of hydrogen-bond acceptors (Lipinski definition) is 0. The first-order valence-corrected chi connectivity index (χ1v) is 6.57. The second-order valence-corrected chi connectivity index (χ2v) is 5.40. The number of benzene rings is 2. The Morgan fingerprint density at radius 3 is 1.61 bits per heavy atom. The van der Waals surface area contributed by atoms with Crippen molar-refractivity contribution >= 4 is 23.9 Å². The molecule has 0 saturated heterocycles. The Kier molecular flexibility index (Phi) is 3.01. The molecule has 1 spiro atoms. The van der Waals surface area contributed by atoms with Crippen molar-refractivity contribution in [3.05, 3.63) is 70.8 Å². The summed E-state index contributed by atoms with van der Waals surface area (Å²) in [7, 11) is 0. The van der Waals surface area contributed by atoms with Crippen LogP contribution in [0, 0.1) is 0 Å². The first kappa shape index (κ1) is 12.3. The van der Waals surface area contributed by atoms with Gasteiger partial charge in [0.15, 0.2) is 0 Å². The molecule has 18 heavy (non-hydrogen) atoms. The van der Waals surface area contributed by atoms with Gasteiger partial charge in [0, 0.05) is 29.3 Å². The summed E-state index contributed by atoms with van der Waals surface area (Å²) in [5.74, 6) is 0. The van der Waals surface area contributed by atoms with Crippen molar-refractivity contribution in [2.75, 3.05) is 0 Å². The van der Waals surface area contributed by atoms with Crippen LogP contribution in [0.4, 0.5) is 0 Å². The summed E-state index contributed by atoms with van der Waals surface area (Å²) in [6, 6.07) is 18.1. The van der Waals surface area contributed by atoms with Crippen LogP contribution in [0.15, 0.2) is 48.5 Å². The van der Waals surface area contributed by atoms with Crippen LogP contribution in [-0.2, 0) is 18.3 Å². The number of hydrogen-bond donors (Lipinski definition) is 0. The molecule has 0 fully saturated rings. The summed E-state index contributed by atoms with van der Waals surface area (Å²) in [6.45, 7) is 0. The Morgan fingerprint density at radius 2 is 1.11 bits per heavy atom. The van der Waals surface area contributed by atoms with Gasteiger partial charge in [-0.15, -0.1) is 0 Å². The molecule has 0 saturated carbocycles. The summed E-state index contributed by atoms with van der Waals surface area (Å²) in [5.41, 5.74) is 6.70. The molecule has 4 rings (SSSR count). The second-order valence-electron chi connectivity index (χ2n) is 5.40.